The quantitative estimate of drug-likeness (QED) is 0.347. The number of hydrogen-bond donors (Lipinski definition) is 0. The molecule has 0 radical (unpaired) electrons. The van der Waals surface area contributed by atoms with Crippen molar-refractivity contribution in [1.82, 2.24) is 0 Å². The molecule has 3 fully saturated rings. The SMILES string of the molecule is Cc1ccc2occ(C3=NN(c4ccccc4)C4C5OC(C6C(=O)N(c7ccc(Cl)cc7)C(=O)C56)C34)c(=O)c2c1. The number of ether oxygens (including phenoxy) is 1. The van der Waals surface area contributed by atoms with E-state index in [4.69, 9.17) is 25.9 Å². The lowest BCUT2D eigenvalue weighted by Crippen LogP contribution is -2.50. The largest absolute Gasteiger partial charge is 0.463 e. The van der Waals surface area contributed by atoms with Crippen LogP contribution in [0.15, 0.2) is 93.4 Å². The second-order valence-electron chi connectivity index (χ2n) is 10.8. The van der Waals surface area contributed by atoms with Crippen molar-refractivity contribution in [3.05, 3.63) is 105 Å². The van der Waals surface area contributed by atoms with Gasteiger partial charge in [-0.05, 0) is 55.5 Å². The third-order valence-corrected chi connectivity index (χ3v) is 8.85. The van der Waals surface area contributed by atoms with Crippen LogP contribution < -0.4 is 15.3 Å². The molecule has 0 N–H and O–H groups in total. The normalized spacial score (nSPS) is 28.4. The highest BCUT2D eigenvalue weighted by Crippen LogP contribution is 2.56. The number of benzene rings is 3. The number of imide groups is 1. The van der Waals surface area contributed by atoms with Gasteiger partial charge in [0.15, 0.2) is 0 Å². The molecule has 0 spiro atoms. The van der Waals surface area contributed by atoms with Crippen LogP contribution in [-0.2, 0) is 14.3 Å². The highest BCUT2D eigenvalue weighted by molar-refractivity contribution is 6.31. The fourth-order valence-corrected chi connectivity index (χ4v) is 7.05. The molecule has 8 rings (SSSR count). The lowest BCUT2D eigenvalue weighted by molar-refractivity contribution is -0.125. The summed E-state index contributed by atoms with van der Waals surface area (Å²) in [7, 11) is 0. The first-order valence-electron chi connectivity index (χ1n) is 13.2. The second-order valence-corrected chi connectivity index (χ2v) is 11.2. The summed E-state index contributed by atoms with van der Waals surface area (Å²) < 4.78 is 12.3. The zero-order chi connectivity index (χ0) is 27.3. The lowest BCUT2D eigenvalue weighted by Gasteiger charge is -2.32. The van der Waals surface area contributed by atoms with Crippen LogP contribution in [0.1, 0.15) is 11.1 Å². The van der Waals surface area contributed by atoms with Gasteiger partial charge in [-0.25, -0.2) is 4.90 Å². The third kappa shape index (κ3) is 3.11. The average molecular weight is 552 g/mol. The summed E-state index contributed by atoms with van der Waals surface area (Å²) in [5, 5.41) is 7.81. The number of anilines is 2. The molecule has 2 amide bonds. The van der Waals surface area contributed by atoms with E-state index >= 15 is 0 Å². The number of carbonyl (C=O) groups excluding carboxylic acids is 2. The fraction of sp³-hybridized carbons (Fsp3) is 0.226. The Morgan fingerprint density at radius 1 is 0.825 bits per heavy atom. The van der Waals surface area contributed by atoms with Crippen molar-refractivity contribution in [3.8, 4) is 0 Å². The highest BCUT2D eigenvalue weighted by Gasteiger charge is 2.72. The Labute approximate surface area is 233 Å². The smallest absolute Gasteiger partial charge is 0.240 e. The van der Waals surface area contributed by atoms with Crippen LogP contribution in [-0.4, -0.2) is 35.8 Å². The van der Waals surface area contributed by atoms with Crippen LogP contribution in [0.3, 0.4) is 0 Å². The van der Waals surface area contributed by atoms with Crippen molar-refractivity contribution in [2.45, 2.75) is 25.2 Å². The van der Waals surface area contributed by atoms with Gasteiger partial charge in [-0.15, -0.1) is 0 Å². The molecule has 5 heterocycles. The van der Waals surface area contributed by atoms with Crippen LogP contribution in [0.25, 0.3) is 11.0 Å². The fourth-order valence-electron chi connectivity index (χ4n) is 6.92. The van der Waals surface area contributed by atoms with E-state index in [9.17, 15) is 14.4 Å². The van der Waals surface area contributed by atoms with Crippen LogP contribution in [0.4, 0.5) is 11.4 Å². The molecule has 198 valence electrons. The summed E-state index contributed by atoms with van der Waals surface area (Å²) in [4.78, 5) is 42.6. The standard InChI is InChI=1S/C31H22ClN3O5/c1-15-7-12-21-19(13-15)27(36)20(14-39-21)25-24-26(35(33-25)18-5-3-2-4-6-18)29-23-22(28(24)40-29)30(37)34(31(23)38)17-10-8-16(32)9-11-17/h2-14,22-24,26,28-29H,1H3. The molecule has 0 saturated carbocycles. The minimum absolute atomic E-state index is 0.187. The molecule has 4 aliphatic rings. The topological polar surface area (TPSA) is 92.4 Å². The van der Waals surface area contributed by atoms with Crippen LogP contribution in [0, 0.1) is 24.7 Å². The van der Waals surface area contributed by atoms with Gasteiger partial charge in [0.05, 0.1) is 64.0 Å². The molecular formula is C31H22ClN3O5. The van der Waals surface area contributed by atoms with E-state index in [1.54, 1.807) is 30.3 Å². The number of para-hydroxylation sites is 1. The average Bonchev–Trinajstić information content (AvgIpc) is 3.70. The molecule has 3 aromatic carbocycles. The molecule has 9 heteroatoms. The van der Waals surface area contributed by atoms with Crippen LogP contribution >= 0.6 is 11.6 Å². The summed E-state index contributed by atoms with van der Waals surface area (Å²) in [5.74, 6) is -2.32. The van der Waals surface area contributed by atoms with Gasteiger partial charge in [0.25, 0.3) is 0 Å². The van der Waals surface area contributed by atoms with Crippen molar-refractivity contribution in [2.75, 3.05) is 9.91 Å². The van der Waals surface area contributed by atoms with Gasteiger partial charge in [-0.1, -0.05) is 41.4 Å². The van der Waals surface area contributed by atoms with E-state index in [1.807, 2.05) is 54.4 Å². The minimum atomic E-state index is -0.676. The molecule has 1 aromatic heterocycles. The van der Waals surface area contributed by atoms with Crippen LogP contribution in [0.2, 0.25) is 5.02 Å². The van der Waals surface area contributed by atoms with E-state index in [0.29, 0.717) is 33.0 Å². The van der Waals surface area contributed by atoms with E-state index in [0.717, 1.165) is 11.3 Å². The van der Waals surface area contributed by atoms with Crippen LogP contribution in [0.5, 0.6) is 0 Å². The van der Waals surface area contributed by atoms with Gasteiger partial charge in [0, 0.05) is 5.02 Å². The molecule has 6 atom stereocenters. The Bertz CT molecular complexity index is 1820. The van der Waals surface area contributed by atoms with E-state index < -0.39 is 30.0 Å². The maximum absolute atomic E-state index is 13.8. The Morgan fingerprint density at radius 2 is 1.55 bits per heavy atom. The predicted molar refractivity (Wildman–Crippen MR) is 150 cm³/mol. The number of aryl methyl sites for hydroxylation is 1. The minimum Gasteiger partial charge on any atom is -0.463 e. The van der Waals surface area contributed by atoms with E-state index in [2.05, 4.69) is 0 Å². The molecule has 6 unspecified atom stereocenters. The van der Waals surface area contributed by atoms with Crippen molar-refractivity contribution >= 4 is 51.5 Å². The molecule has 0 aliphatic carbocycles. The first-order chi connectivity index (χ1) is 19.4. The highest BCUT2D eigenvalue weighted by atomic mass is 35.5. The Hall–Kier alpha value is -4.27. The summed E-state index contributed by atoms with van der Waals surface area (Å²) in [6.07, 6.45) is 0.258. The molecule has 3 saturated heterocycles. The summed E-state index contributed by atoms with van der Waals surface area (Å²) in [5.41, 5.74) is 3.40. The molecule has 2 bridgehead atoms. The Morgan fingerprint density at radius 3 is 2.30 bits per heavy atom. The van der Waals surface area contributed by atoms with Gasteiger partial charge in [-0.2, -0.15) is 5.10 Å². The predicted octanol–water partition coefficient (Wildman–Crippen LogP) is 4.55. The van der Waals surface area contributed by atoms with Gasteiger partial charge < -0.3 is 9.15 Å². The maximum atomic E-state index is 13.8. The van der Waals surface area contributed by atoms with E-state index in [-0.39, 0.29) is 23.3 Å². The number of halogens is 1. The van der Waals surface area contributed by atoms with Gasteiger partial charge in [0.2, 0.25) is 17.2 Å². The zero-order valence-corrected chi connectivity index (χ0v) is 22.0. The molecule has 4 aromatic rings. The first kappa shape index (κ1) is 23.6. The number of rotatable bonds is 3. The number of fused-ring (bicyclic) bond motifs is 9. The first-order valence-corrected chi connectivity index (χ1v) is 13.5. The van der Waals surface area contributed by atoms with Gasteiger partial charge in [0.1, 0.15) is 11.8 Å². The van der Waals surface area contributed by atoms with Crippen molar-refractivity contribution < 1.29 is 18.7 Å². The molecule has 8 nitrogen and oxygen atoms in total. The Kier molecular flexibility index (Phi) is 4.94. The van der Waals surface area contributed by atoms with Crippen molar-refractivity contribution in [2.24, 2.45) is 22.9 Å². The number of hydrogen-bond acceptors (Lipinski definition) is 7. The molecule has 40 heavy (non-hydrogen) atoms. The third-order valence-electron chi connectivity index (χ3n) is 8.60. The summed E-state index contributed by atoms with van der Waals surface area (Å²) in [6, 6.07) is 21.4. The van der Waals surface area contributed by atoms with Gasteiger partial charge in [-0.3, -0.25) is 19.4 Å². The summed E-state index contributed by atoms with van der Waals surface area (Å²) in [6.45, 7) is 1.92. The number of hydrazone groups is 1. The second kappa shape index (κ2) is 8.36. The van der Waals surface area contributed by atoms with Crippen molar-refractivity contribution in [1.29, 1.82) is 0 Å². The number of amides is 2. The zero-order valence-electron chi connectivity index (χ0n) is 21.2. The number of nitrogens with zero attached hydrogens (tertiary/aromatic N) is 3. The van der Waals surface area contributed by atoms with Crippen molar-refractivity contribution in [3.63, 3.8) is 0 Å². The Balaban J connectivity index is 1.26. The molecule has 4 aliphatic heterocycles. The molecular weight excluding hydrogens is 530 g/mol. The summed E-state index contributed by atoms with van der Waals surface area (Å²) >= 11 is 6.05. The van der Waals surface area contributed by atoms with E-state index in [1.165, 1.54) is 11.2 Å². The van der Waals surface area contributed by atoms with Gasteiger partial charge >= 0.3 is 0 Å². The monoisotopic (exact) mass is 551 g/mol. The number of carbonyl (C=O) groups is 2. The maximum Gasteiger partial charge on any atom is 0.240 e. The lowest BCUT2D eigenvalue weighted by atomic mass is 9.70.